The maximum absolute atomic E-state index is 12.4. The minimum atomic E-state index is -0.909. The smallest absolute Gasteiger partial charge is 0.321 e. The number of hydrogen-bond donors (Lipinski definition) is 2. The molecule has 0 saturated carbocycles. The second-order valence-electron chi connectivity index (χ2n) is 5.32. The molecule has 1 aliphatic rings. The van der Waals surface area contributed by atoms with Crippen molar-refractivity contribution in [3.8, 4) is 0 Å². The number of amides is 2. The highest BCUT2D eigenvalue weighted by atomic mass is 32.2. The summed E-state index contributed by atoms with van der Waals surface area (Å²) < 4.78 is 0. The molecule has 1 aromatic rings. The van der Waals surface area contributed by atoms with Gasteiger partial charge in [0, 0.05) is 29.3 Å². The minimum Gasteiger partial charge on any atom is -0.481 e. The average molecular weight is 308 g/mol. The van der Waals surface area contributed by atoms with E-state index in [9.17, 15) is 9.59 Å². The van der Waals surface area contributed by atoms with E-state index < -0.39 is 5.97 Å². The number of thioether (sulfide) groups is 1. The lowest BCUT2D eigenvalue weighted by Gasteiger charge is -2.34. The summed E-state index contributed by atoms with van der Waals surface area (Å²) in [6, 6.07) is 6.86. The summed E-state index contributed by atoms with van der Waals surface area (Å²) in [5.41, 5.74) is 1.19. The maximum Gasteiger partial charge on any atom is 0.321 e. The lowest BCUT2D eigenvalue weighted by Crippen LogP contribution is -2.46. The summed E-state index contributed by atoms with van der Waals surface area (Å²) in [7, 11) is 0. The van der Waals surface area contributed by atoms with Crippen LogP contribution in [-0.2, 0) is 11.2 Å². The molecule has 114 valence electrons. The van der Waals surface area contributed by atoms with Crippen LogP contribution in [0.5, 0.6) is 0 Å². The van der Waals surface area contributed by atoms with E-state index in [2.05, 4.69) is 19.2 Å². The Hall–Kier alpha value is -1.69. The van der Waals surface area contributed by atoms with Crippen LogP contribution in [0.15, 0.2) is 24.3 Å². The van der Waals surface area contributed by atoms with E-state index in [0.29, 0.717) is 34.8 Å². The molecule has 2 unspecified atom stereocenters. The van der Waals surface area contributed by atoms with Crippen molar-refractivity contribution >= 4 is 29.4 Å². The fourth-order valence-electron chi connectivity index (χ4n) is 2.50. The number of nitrogens with zero attached hydrogens (tertiary/aromatic N) is 1. The van der Waals surface area contributed by atoms with Gasteiger partial charge in [0.15, 0.2) is 0 Å². The summed E-state index contributed by atoms with van der Waals surface area (Å²) in [5.74, 6) is -0.909. The van der Waals surface area contributed by atoms with Gasteiger partial charge < -0.3 is 15.3 Å². The van der Waals surface area contributed by atoms with Crippen LogP contribution in [0.3, 0.4) is 0 Å². The molecule has 2 N–H and O–H groups in total. The molecule has 1 aromatic carbocycles. The van der Waals surface area contributed by atoms with Crippen LogP contribution in [-0.4, -0.2) is 45.6 Å². The molecule has 5 nitrogen and oxygen atoms in total. The van der Waals surface area contributed by atoms with Gasteiger partial charge in [-0.15, -0.1) is 0 Å². The first-order chi connectivity index (χ1) is 9.95. The lowest BCUT2D eigenvalue weighted by molar-refractivity contribution is -0.136. The van der Waals surface area contributed by atoms with Crippen molar-refractivity contribution in [2.75, 3.05) is 18.4 Å². The van der Waals surface area contributed by atoms with Crippen molar-refractivity contribution in [3.05, 3.63) is 29.8 Å². The van der Waals surface area contributed by atoms with E-state index in [1.807, 2.05) is 11.8 Å². The first kappa shape index (κ1) is 15.7. The van der Waals surface area contributed by atoms with Gasteiger partial charge in [-0.05, 0) is 11.6 Å². The number of hydrogen-bond acceptors (Lipinski definition) is 3. The van der Waals surface area contributed by atoms with Gasteiger partial charge in [-0.3, -0.25) is 4.79 Å². The number of rotatable bonds is 3. The first-order valence-electron chi connectivity index (χ1n) is 6.96. The van der Waals surface area contributed by atoms with Gasteiger partial charge in [0.05, 0.1) is 6.42 Å². The largest absolute Gasteiger partial charge is 0.481 e. The van der Waals surface area contributed by atoms with Gasteiger partial charge in [0.1, 0.15) is 0 Å². The third-order valence-electron chi connectivity index (χ3n) is 3.31. The molecule has 1 aliphatic heterocycles. The number of para-hydroxylation sites is 1. The summed E-state index contributed by atoms with van der Waals surface area (Å²) in [6.45, 7) is 5.64. The molecule has 2 amide bonds. The third kappa shape index (κ3) is 4.39. The Morgan fingerprint density at radius 3 is 2.52 bits per heavy atom. The van der Waals surface area contributed by atoms with Gasteiger partial charge >= 0.3 is 12.0 Å². The Morgan fingerprint density at radius 2 is 1.90 bits per heavy atom. The number of anilines is 1. The highest BCUT2D eigenvalue weighted by Gasteiger charge is 2.26. The fraction of sp³-hybridized carbons (Fsp3) is 0.467. The first-order valence-corrected chi connectivity index (χ1v) is 7.91. The maximum atomic E-state index is 12.4. The predicted molar refractivity (Wildman–Crippen MR) is 84.9 cm³/mol. The summed E-state index contributed by atoms with van der Waals surface area (Å²) >= 11 is 1.88. The number of aliphatic carboxylic acids is 1. The highest BCUT2D eigenvalue weighted by molar-refractivity contribution is 8.00. The summed E-state index contributed by atoms with van der Waals surface area (Å²) in [4.78, 5) is 25.0. The van der Waals surface area contributed by atoms with E-state index in [0.717, 1.165) is 0 Å². The molecule has 0 radical (unpaired) electrons. The molecule has 6 heteroatoms. The van der Waals surface area contributed by atoms with Gasteiger partial charge in [-0.1, -0.05) is 32.0 Å². The highest BCUT2D eigenvalue weighted by Crippen LogP contribution is 2.25. The van der Waals surface area contributed by atoms with Crippen molar-refractivity contribution in [1.29, 1.82) is 0 Å². The quantitative estimate of drug-likeness (QED) is 0.900. The Bertz CT molecular complexity index is 525. The Balaban J connectivity index is 2.07. The molecule has 1 fully saturated rings. The molecule has 2 rings (SSSR count). The second kappa shape index (κ2) is 6.85. The minimum absolute atomic E-state index is 0.0981. The molecule has 21 heavy (non-hydrogen) atoms. The average Bonchev–Trinajstić information content (AvgIpc) is 2.39. The lowest BCUT2D eigenvalue weighted by atomic mass is 10.1. The van der Waals surface area contributed by atoms with Crippen LogP contribution in [0.25, 0.3) is 0 Å². The van der Waals surface area contributed by atoms with E-state index in [1.54, 1.807) is 29.2 Å². The monoisotopic (exact) mass is 308 g/mol. The number of urea groups is 1. The molecular weight excluding hydrogens is 288 g/mol. The Labute approximate surface area is 128 Å². The standard InChI is InChI=1S/C15H20N2O3S/c1-10-8-17(9-11(2)21-10)15(20)16-13-6-4-3-5-12(13)7-14(18)19/h3-6,10-11H,7-9H2,1-2H3,(H,16,20)(H,18,19). The Kier molecular flexibility index (Phi) is 5.12. The van der Waals surface area contributed by atoms with Gasteiger partial charge in [0.2, 0.25) is 0 Å². The zero-order valence-corrected chi connectivity index (χ0v) is 13.0. The van der Waals surface area contributed by atoms with Crippen LogP contribution in [0.4, 0.5) is 10.5 Å². The molecule has 1 saturated heterocycles. The van der Waals surface area contributed by atoms with Gasteiger partial charge in [0.25, 0.3) is 0 Å². The third-order valence-corrected chi connectivity index (χ3v) is 4.53. The topological polar surface area (TPSA) is 69.6 Å². The van der Waals surface area contributed by atoms with Crippen LogP contribution in [0.2, 0.25) is 0 Å². The second-order valence-corrected chi connectivity index (χ2v) is 7.20. The summed E-state index contributed by atoms with van der Waals surface area (Å²) in [6.07, 6.45) is -0.0981. The van der Waals surface area contributed by atoms with Crippen molar-refractivity contribution in [1.82, 2.24) is 4.90 Å². The number of carbonyl (C=O) groups excluding carboxylic acids is 1. The van der Waals surface area contributed by atoms with Gasteiger partial charge in [-0.2, -0.15) is 11.8 Å². The molecule has 0 aliphatic carbocycles. The fourth-order valence-corrected chi connectivity index (χ4v) is 3.82. The van der Waals surface area contributed by atoms with Crippen molar-refractivity contribution < 1.29 is 14.7 Å². The number of carboxylic acids is 1. The number of carboxylic acid groups (broad SMARTS) is 1. The van der Waals surface area contributed by atoms with Crippen LogP contribution in [0, 0.1) is 0 Å². The molecule has 0 bridgehead atoms. The van der Waals surface area contributed by atoms with Crippen molar-refractivity contribution in [2.45, 2.75) is 30.8 Å². The molecule has 2 atom stereocenters. The normalized spacial score (nSPS) is 21.9. The summed E-state index contributed by atoms with van der Waals surface area (Å²) in [5, 5.41) is 12.6. The number of carbonyl (C=O) groups is 2. The SMILES string of the molecule is CC1CN(C(=O)Nc2ccccc2CC(=O)O)CC(C)S1. The number of benzene rings is 1. The van der Waals surface area contributed by atoms with Crippen LogP contribution in [0.1, 0.15) is 19.4 Å². The van der Waals surface area contributed by atoms with E-state index in [4.69, 9.17) is 5.11 Å². The van der Waals surface area contributed by atoms with Crippen molar-refractivity contribution in [3.63, 3.8) is 0 Å². The van der Waals surface area contributed by atoms with Gasteiger partial charge in [-0.25, -0.2) is 4.79 Å². The molecule has 1 heterocycles. The predicted octanol–water partition coefficient (Wildman–Crippen LogP) is 2.67. The Morgan fingerprint density at radius 1 is 1.29 bits per heavy atom. The van der Waals surface area contributed by atoms with E-state index in [1.165, 1.54) is 0 Å². The zero-order chi connectivity index (χ0) is 15.4. The van der Waals surface area contributed by atoms with E-state index in [-0.39, 0.29) is 12.5 Å². The molecule has 0 spiro atoms. The molecular formula is C15H20N2O3S. The zero-order valence-electron chi connectivity index (χ0n) is 12.2. The van der Waals surface area contributed by atoms with Crippen LogP contribution < -0.4 is 5.32 Å². The number of nitrogens with one attached hydrogen (secondary N) is 1. The molecule has 0 aromatic heterocycles. The van der Waals surface area contributed by atoms with Crippen LogP contribution >= 0.6 is 11.8 Å². The van der Waals surface area contributed by atoms with E-state index >= 15 is 0 Å². The van der Waals surface area contributed by atoms with Crippen molar-refractivity contribution in [2.24, 2.45) is 0 Å².